The molecule has 206 valence electrons. The van der Waals surface area contributed by atoms with Crippen LogP contribution < -0.4 is 9.62 Å². The van der Waals surface area contributed by atoms with Crippen LogP contribution in [0.25, 0.3) is 0 Å². The smallest absolute Gasteiger partial charge is 0.248 e. The molecule has 5 rings (SSSR count). The molecule has 38 heavy (non-hydrogen) atoms. The number of hydrogen-bond acceptors (Lipinski definition) is 7. The largest absolute Gasteiger partial charge is 0.391 e. The standard InChI is InChI=1S/C26H36N6O5S/c1-26(2,3)23(31-16-21(28-29-31)17-9-10-17)25(35)30-15-19(33)13-22(30)24(34)27-14-20-11-12-32(38(20,36)37)18-7-5-4-6-8-18/h4-8,16-17,19-20,22-23,33H,9-15H2,1-3H3,(H,27,34)/t19-,20?,22+,23-/m1/s1. The van der Waals surface area contributed by atoms with Crippen LogP contribution in [0.4, 0.5) is 5.69 Å². The fourth-order valence-corrected chi connectivity index (χ4v) is 7.29. The Morgan fingerprint density at radius 1 is 1.16 bits per heavy atom. The maximum Gasteiger partial charge on any atom is 0.248 e. The van der Waals surface area contributed by atoms with Crippen molar-refractivity contribution in [3.05, 3.63) is 42.2 Å². The Labute approximate surface area is 223 Å². The van der Waals surface area contributed by atoms with Crippen molar-refractivity contribution < 1.29 is 23.1 Å². The van der Waals surface area contributed by atoms with Gasteiger partial charge < -0.3 is 15.3 Å². The van der Waals surface area contributed by atoms with Gasteiger partial charge in [-0.3, -0.25) is 13.9 Å². The number of amides is 2. The number of nitrogens with one attached hydrogen (secondary N) is 1. The third-order valence-corrected chi connectivity index (χ3v) is 9.89. The molecule has 3 aliphatic rings. The number of benzene rings is 1. The van der Waals surface area contributed by atoms with Crippen molar-refractivity contribution in [3.63, 3.8) is 0 Å². The number of carbonyl (C=O) groups excluding carboxylic acids is 2. The minimum absolute atomic E-state index is 0.0250. The molecule has 0 radical (unpaired) electrons. The second kappa shape index (κ2) is 9.96. The van der Waals surface area contributed by atoms with Crippen LogP contribution in [-0.4, -0.2) is 82.3 Å². The molecular formula is C26H36N6O5S. The summed E-state index contributed by atoms with van der Waals surface area (Å²) in [5.41, 5.74) is 0.937. The fraction of sp³-hybridized carbons (Fsp3) is 0.615. The Kier molecular flexibility index (Phi) is 6.97. The molecule has 2 amide bonds. The van der Waals surface area contributed by atoms with Gasteiger partial charge in [-0.2, -0.15) is 0 Å². The van der Waals surface area contributed by atoms with Gasteiger partial charge in [0.05, 0.1) is 22.7 Å². The SMILES string of the molecule is CC(C)(C)[C@@H](C(=O)N1C[C@H](O)C[C@H]1C(=O)NCC1CCN(c2ccccc2)S1(=O)=O)n1cc(C2CC2)nn1. The molecule has 4 atom stereocenters. The number of aliphatic hydroxyl groups excluding tert-OH is 1. The van der Waals surface area contributed by atoms with Crippen LogP contribution in [-0.2, 0) is 19.6 Å². The van der Waals surface area contributed by atoms with Crippen LogP contribution in [0, 0.1) is 5.41 Å². The summed E-state index contributed by atoms with van der Waals surface area (Å²) in [4.78, 5) is 28.5. The maximum absolute atomic E-state index is 13.9. The molecule has 12 heteroatoms. The van der Waals surface area contributed by atoms with Crippen LogP contribution in [0.1, 0.15) is 64.1 Å². The maximum atomic E-state index is 13.9. The zero-order chi connectivity index (χ0) is 27.2. The van der Waals surface area contributed by atoms with E-state index in [-0.39, 0.29) is 25.4 Å². The summed E-state index contributed by atoms with van der Waals surface area (Å²) in [6, 6.07) is 7.28. The van der Waals surface area contributed by atoms with Gasteiger partial charge in [-0.1, -0.05) is 44.2 Å². The van der Waals surface area contributed by atoms with E-state index in [0.29, 0.717) is 24.6 Å². The van der Waals surface area contributed by atoms with E-state index in [9.17, 15) is 23.1 Å². The molecule has 0 bridgehead atoms. The second-order valence-electron chi connectivity index (χ2n) is 11.7. The molecule has 1 unspecified atom stereocenters. The summed E-state index contributed by atoms with van der Waals surface area (Å²) in [6.45, 7) is 6.09. The summed E-state index contributed by atoms with van der Waals surface area (Å²) in [5, 5.41) is 20.9. The lowest BCUT2D eigenvalue weighted by Gasteiger charge is -2.34. The number of anilines is 1. The molecule has 2 saturated heterocycles. The minimum Gasteiger partial charge on any atom is -0.391 e. The summed E-state index contributed by atoms with van der Waals surface area (Å²) in [5.74, 6) is -0.394. The van der Waals surface area contributed by atoms with Gasteiger partial charge in [0.15, 0.2) is 0 Å². The topological polar surface area (TPSA) is 138 Å². The van der Waals surface area contributed by atoms with Crippen molar-refractivity contribution in [2.75, 3.05) is 23.9 Å². The Morgan fingerprint density at radius 3 is 2.53 bits per heavy atom. The van der Waals surface area contributed by atoms with E-state index in [2.05, 4.69) is 15.6 Å². The van der Waals surface area contributed by atoms with Gasteiger partial charge in [-0.25, -0.2) is 13.1 Å². The van der Waals surface area contributed by atoms with E-state index in [1.807, 2.05) is 33.0 Å². The molecule has 0 spiro atoms. The molecule has 1 aliphatic carbocycles. The molecule has 1 aromatic heterocycles. The van der Waals surface area contributed by atoms with E-state index in [0.717, 1.165) is 18.5 Å². The van der Waals surface area contributed by atoms with Crippen molar-refractivity contribution in [1.82, 2.24) is 25.2 Å². The molecule has 3 fully saturated rings. The number of aliphatic hydroxyl groups is 1. The van der Waals surface area contributed by atoms with E-state index < -0.39 is 44.8 Å². The monoisotopic (exact) mass is 544 g/mol. The van der Waals surface area contributed by atoms with E-state index in [1.165, 1.54) is 9.21 Å². The van der Waals surface area contributed by atoms with Gasteiger partial charge in [0, 0.05) is 38.2 Å². The second-order valence-corrected chi connectivity index (χ2v) is 13.8. The first-order valence-corrected chi connectivity index (χ1v) is 14.7. The average Bonchev–Trinajstić information content (AvgIpc) is 3.34. The lowest BCUT2D eigenvalue weighted by atomic mass is 9.85. The lowest BCUT2D eigenvalue weighted by Crippen LogP contribution is -2.51. The normalized spacial score (nSPS) is 25.9. The third kappa shape index (κ3) is 5.15. The lowest BCUT2D eigenvalue weighted by molar-refractivity contribution is -0.144. The fourth-order valence-electron chi connectivity index (χ4n) is 5.45. The first-order valence-electron chi connectivity index (χ1n) is 13.2. The molecular weight excluding hydrogens is 508 g/mol. The zero-order valence-corrected chi connectivity index (χ0v) is 22.8. The number of carbonyl (C=O) groups is 2. The van der Waals surface area contributed by atoms with Gasteiger partial charge in [-0.15, -0.1) is 5.10 Å². The number of rotatable bonds is 7. The summed E-state index contributed by atoms with van der Waals surface area (Å²) in [7, 11) is -3.64. The highest BCUT2D eigenvalue weighted by molar-refractivity contribution is 7.93. The van der Waals surface area contributed by atoms with Gasteiger partial charge in [-0.05, 0) is 36.8 Å². The van der Waals surface area contributed by atoms with Crippen LogP contribution in [0.2, 0.25) is 0 Å². The highest BCUT2D eigenvalue weighted by Gasteiger charge is 2.46. The Balaban J connectivity index is 1.28. The van der Waals surface area contributed by atoms with Crippen molar-refractivity contribution in [2.45, 2.75) is 75.8 Å². The van der Waals surface area contributed by atoms with Crippen LogP contribution in [0.5, 0.6) is 0 Å². The van der Waals surface area contributed by atoms with Crippen molar-refractivity contribution in [3.8, 4) is 0 Å². The Hall–Kier alpha value is -2.99. The summed E-state index contributed by atoms with van der Waals surface area (Å²) >= 11 is 0. The highest BCUT2D eigenvalue weighted by Crippen LogP contribution is 2.40. The highest BCUT2D eigenvalue weighted by atomic mass is 32.2. The number of likely N-dealkylation sites (tertiary alicyclic amines) is 1. The first kappa shape index (κ1) is 26.6. The van der Waals surface area contributed by atoms with Crippen molar-refractivity contribution >= 4 is 27.5 Å². The summed E-state index contributed by atoms with van der Waals surface area (Å²) < 4.78 is 29.2. The number of aromatic nitrogens is 3. The molecule has 2 N–H and O–H groups in total. The Morgan fingerprint density at radius 2 is 1.87 bits per heavy atom. The molecule has 11 nitrogen and oxygen atoms in total. The van der Waals surface area contributed by atoms with Gasteiger partial charge in [0.25, 0.3) is 0 Å². The van der Waals surface area contributed by atoms with Crippen LogP contribution >= 0.6 is 0 Å². The quantitative estimate of drug-likeness (QED) is 0.538. The third-order valence-electron chi connectivity index (χ3n) is 7.64. The van der Waals surface area contributed by atoms with Gasteiger partial charge >= 0.3 is 0 Å². The number of hydrogen-bond donors (Lipinski definition) is 2. The van der Waals surface area contributed by atoms with Gasteiger partial charge in [0.1, 0.15) is 12.1 Å². The van der Waals surface area contributed by atoms with E-state index in [1.54, 1.807) is 28.9 Å². The molecule has 1 aromatic carbocycles. The Bertz CT molecular complexity index is 1290. The number of β-amino-alcohol motifs (C(OH)–C–C–N with tert-alkyl or cyclic N) is 1. The predicted molar refractivity (Wildman–Crippen MR) is 141 cm³/mol. The molecule has 2 aliphatic heterocycles. The van der Waals surface area contributed by atoms with Crippen molar-refractivity contribution in [2.24, 2.45) is 5.41 Å². The zero-order valence-electron chi connectivity index (χ0n) is 22.0. The molecule has 3 heterocycles. The van der Waals surface area contributed by atoms with E-state index >= 15 is 0 Å². The number of para-hydroxylation sites is 1. The average molecular weight is 545 g/mol. The summed E-state index contributed by atoms with van der Waals surface area (Å²) in [6.07, 6.45) is 3.57. The van der Waals surface area contributed by atoms with Crippen LogP contribution in [0.3, 0.4) is 0 Å². The first-order chi connectivity index (χ1) is 18.0. The number of sulfonamides is 1. The van der Waals surface area contributed by atoms with Gasteiger partial charge in [0.2, 0.25) is 21.8 Å². The van der Waals surface area contributed by atoms with Crippen molar-refractivity contribution in [1.29, 1.82) is 0 Å². The molecule has 2 aromatic rings. The molecule has 1 saturated carbocycles. The minimum atomic E-state index is -3.64. The number of nitrogens with zero attached hydrogens (tertiary/aromatic N) is 5. The van der Waals surface area contributed by atoms with E-state index in [4.69, 9.17) is 0 Å². The van der Waals surface area contributed by atoms with Crippen LogP contribution in [0.15, 0.2) is 36.5 Å². The predicted octanol–water partition coefficient (Wildman–Crippen LogP) is 1.43.